The minimum atomic E-state index is -4.78. The van der Waals surface area contributed by atoms with Crippen molar-refractivity contribution in [3.63, 3.8) is 0 Å². The lowest BCUT2D eigenvalue weighted by atomic mass is 9.76. The zero-order chi connectivity index (χ0) is 18.7. The highest BCUT2D eigenvalue weighted by atomic mass is 19.4. The molecule has 0 aromatic heterocycles. The summed E-state index contributed by atoms with van der Waals surface area (Å²) in [4.78, 5) is 11.7. The van der Waals surface area contributed by atoms with Crippen LogP contribution in [-0.2, 0) is 11.2 Å². The number of ether oxygens (including phenoxy) is 1. The Morgan fingerprint density at radius 3 is 2.64 bits per heavy atom. The molecule has 1 aromatic rings. The highest BCUT2D eigenvalue weighted by Gasteiger charge is 2.48. The van der Waals surface area contributed by atoms with Crippen molar-refractivity contribution in [2.45, 2.75) is 44.1 Å². The van der Waals surface area contributed by atoms with Gasteiger partial charge in [-0.3, -0.25) is 4.79 Å². The van der Waals surface area contributed by atoms with Crippen LogP contribution in [0.15, 0.2) is 24.3 Å². The average molecular weight is 367 g/mol. The Labute approximate surface area is 141 Å². The molecule has 0 bridgehead atoms. The largest absolute Gasteiger partial charge is 0.573 e. The Bertz CT molecular complexity index is 598. The summed E-state index contributed by atoms with van der Waals surface area (Å²) in [5.74, 6) is -4.19. The van der Waals surface area contributed by atoms with Crippen LogP contribution in [0.25, 0.3) is 0 Å². The molecular formula is C16H18F5NO3. The normalized spacial score (nSPS) is 18.3. The van der Waals surface area contributed by atoms with E-state index in [1.807, 2.05) is 0 Å². The number of amides is 1. The van der Waals surface area contributed by atoms with Crippen LogP contribution in [0.5, 0.6) is 5.75 Å². The molecule has 4 nitrogen and oxygen atoms in total. The van der Waals surface area contributed by atoms with Crippen molar-refractivity contribution < 1.29 is 36.6 Å². The van der Waals surface area contributed by atoms with Crippen molar-refractivity contribution in [3.8, 4) is 5.75 Å². The number of hydrogen-bond donors (Lipinski definition) is 2. The van der Waals surface area contributed by atoms with Crippen molar-refractivity contribution in [2.24, 2.45) is 5.92 Å². The van der Waals surface area contributed by atoms with Crippen LogP contribution in [0, 0.1) is 5.92 Å². The molecule has 1 amide bonds. The van der Waals surface area contributed by atoms with Crippen molar-refractivity contribution in [1.29, 1.82) is 0 Å². The maximum Gasteiger partial charge on any atom is 0.573 e. The zero-order valence-electron chi connectivity index (χ0n) is 13.2. The first kappa shape index (κ1) is 19.4. The molecule has 2 rings (SSSR count). The molecule has 25 heavy (non-hydrogen) atoms. The summed E-state index contributed by atoms with van der Waals surface area (Å²) in [6.07, 6.45) is -6.76. The highest BCUT2D eigenvalue weighted by molar-refractivity contribution is 5.76. The molecule has 0 radical (unpaired) electrons. The topological polar surface area (TPSA) is 58.6 Å². The van der Waals surface area contributed by atoms with Gasteiger partial charge in [0.1, 0.15) is 5.75 Å². The van der Waals surface area contributed by atoms with Gasteiger partial charge in [0.2, 0.25) is 11.8 Å². The first-order chi connectivity index (χ1) is 11.5. The van der Waals surface area contributed by atoms with Crippen LogP contribution < -0.4 is 10.1 Å². The molecule has 9 heteroatoms. The predicted octanol–water partition coefficient (Wildman–Crippen LogP) is 3.04. The van der Waals surface area contributed by atoms with Crippen molar-refractivity contribution >= 4 is 5.91 Å². The number of rotatable bonds is 7. The zero-order valence-corrected chi connectivity index (χ0v) is 13.2. The van der Waals surface area contributed by atoms with Gasteiger partial charge in [-0.05, 0) is 30.0 Å². The fourth-order valence-electron chi connectivity index (χ4n) is 2.65. The van der Waals surface area contributed by atoms with Gasteiger partial charge in [-0.15, -0.1) is 13.2 Å². The van der Waals surface area contributed by atoms with Crippen LogP contribution in [0.3, 0.4) is 0 Å². The van der Waals surface area contributed by atoms with Crippen LogP contribution in [0.1, 0.15) is 24.8 Å². The minimum Gasteiger partial charge on any atom is -0.406 e. The molecule has 0 unspecified atom stereocenters. The molecular weight excluding hydrogens is 349 g/mol. The number of aliphatic hydroxyl groups excluding tert-OH is 1. The van der Waals surface area contributed by atoms with Gasteiger partial charge in [-0.1, -0.05) is 12.1 Å². The number of aliphatic hydroxyl groups is 1. The number of carbonyl (C=O) groups is 1. The van der Waals surface area contributed by atoms with E-state index in [-0.39, 0.29) is 25.1 Å². The van der Waals surface area contributed by atoms with Gasteiger partial charge < -0.3 is 15.2 Å². The van der Waals surface area contributed by atoms with Crippen molar-refractivity contribution in [3.05, 3.63) is 29.8 Å². The lowest BCUT2D eigenvalue weighted by molar-refractivity contribution is -0.274. The molecule has 1 aliphatic carbocycles. The first-order valence-corrected chi connectivity index (χ1v) is 7.71. The van der Waals surface area contributed by atoms with E-state index in [4.69, 9.17) is 0 Å². The number of nitrogens with one attached hydrogen (secondary N) is 1. The van der Waals surface area contributed by atoms with E-state index in [9.17, 15) is 31.9 Å². The maximum atomic E-state index is 12.7. The minimum absolute atomic E-state index is 0.141. The summed E-state index contributed by atoms with van der Waals surface area (Å²) in [5.41, 5.74) is 0.529. The van der Waals surface area contributed by atoms with E-state index in [1.54, 1.807) is 6.07 Å². The molecule has 0 spiro atoms. The molecule has 2 N–H and O–H groups in total. The van der Waals surface area contributed by atoms with E-state index < -0.39 is 43.1 Å². The number of carbonyl (C=O) groups excluding carboxylic acids is 1. The second kappa shape index (κ2) is 7.55. The molecule has 0 heterocycles. The lowest BCUT2D eigenvalue weighted by Crippen LogP contribution is -2.43. The smallest absolute Gasteiger partial charge is 0.406 e. The quantitative estimate of drug-likeness (QED) is 0.729. The van der Waals surface area contributed by atoms with Gasteiger partial charge in [0.05, 0.1) is 12.5 Å². The second-order valence-corrected chi connectivity index (χ2v) is 6.09. The summed E-state index contributed by atoms with van der Waals surface area (Å²) in [5, 5.41) is 12.2. The van der Waals surface area contributed by atoms with Gasteiger partial charge in [0, 0.05) is 19.4 Å². The van der Waals surface area contributed by atoms with Gasteiger partial charge in [0.15, 0.2) is 0 Å². The number of benzene rings is 1. The Morgan fingerprint density at radius 2 is 2.04 bits per heavy atom. The lowest BCUT2D eigenvalue weighted by Gasteiger charge is -2.37. The van der Waals surface area contributed by atoms with Crippen LogP contribution in [0.4, 0.5) is 22.0 Å². The van der Waals surface area contributed by atoms with E-state index in [0.29, 0.717) is 5.56 Å². The Kier molecular flexibility index (Phi) is 5.87. The van der Waals surface area contributed by atoms with Crippen molar-refractivity contribution in [1.82, 2.24) is 5.32 Å². The van der Waals surface area contributed by atoms with Crippen LogP contribution in [0.2, 0.25) is 0 Å². The highest BCUT2D eigenvalue weighted by Crippen LogP contribution is 2.44. The summed E-state index contributed by atoms with van der Waals surface area (Å²) < 4.78 is 65.7. The van der Waals surface area contributed by atoms with Gasteiger partial charge in [0.25, 0.3) is 0 Å². The summed E-state index contributed by atoms with van der Waals surface area (Å²) in [6.45, 7) is 0.141. The monoisotopic (exact) mass is 367 g/mol. The molecule has 1 aromatic carbocycles. The van der Waals surface area contributed by atoms with E-state index in [2.05, 4.69) is 10.1 Å². The molecule has 140 valence electrons. The third kappa shape index (κ3) is 6.49. The molecule has 0 saturated heterocycles. The third-order valence-electron chi connectivity index (χ3n) is 3.93. The standard InChI is InChI=1S/C16H18F5NO3/c17-15(18)8-11(9-15)13(23)7-14(24)22-5-4-10-2-1-3-12(6-10)25-16(19,20)21/h1-3,6,11,13,23H,4-5,7-9H2,(H,22,24)/t13-/m0/s1. The van der Waals surface area contributed by atoms with E-state index in [1.165, 1.54) is 18.2 Å². The third-order valence-corrected chi connectivity index (χ3v) is 3.93. The van der Waals surface area contributed by atoms with Crippen LogP contribution in [-0.4, -0.2) is 35.9 Å². The predicted molar refractivity (Wildman–Crippen MR) is 78.1 cm³/mol. The van der Waals surface area contributed by atoms with Crippen molar-refractivity contribution in [2.75, 3.05) is 6.54 Å². The van der Waals surface area contributed by atoms with Gasteiger partial charge in [-0.2, -0.15) is 0 Å². The Morgan fingerprint density at radius 1 is 1.36 bits per heavy atom. The SMILES string of the molecule is O=C(C[C@H](O)C1CC(F)(F)C1)NCCc1cccc(OC(F)(F)F)c1. The number of alkyl halides is 5. The Balaban J connectivity index is 1.71. The summed E-state index contributed by atoms with van der Waals surface area (Å²) in [6, 6.07) is 5.37. The van der Waals surface area contributed by atoms with Gasteiger partial charge >= 0.3 is 6.36 Å². The van der Waals surface area contributed by atoms with E-state index >= 15 is 0 Å². The van der Waals surface area contributed by atoms with Crippen LogP contribution >= 0.6 is 0 Å². The Hall–Kier alpha value is -1.90. The number of hydrogen-bond acceptors (Lipinski definition) is 3. The average Bonchev–Trinajstić information content (AvgIpc) is 2.43. The number of halogens is 5. The molecule has 1 aliphatic rings. The summed E-state index contributed by atoms with van der Waals surface area (Å²) in [7, 11) is 0. The molecule has 0 aliphatic heterocycles. The first-order valence-electron chi connectivity index (χ1n) is 7.71. The van der Waals surface area contributed by atoms with E-state index in [0.717, 1.165) is 0 Å². The molecule has 1 saturated carbocycles. The fourth-order valence-corrected chi connectivity index (χ4v) is 2.65. The van der Waals surface area contributed by atoms with Gasteiger partial charge in [-0.25, -0.2) is 8.78 Å². The molecule has 1 fully saturated rings. The second-order valence-electron chi connectivity index (χ2n) is 6.09. The maximum absolute atomic E-state index is 12.7. The fraction of sp³-hybridized carbons (Fsp3) is 0.562. The summed E-state index contributed by atoms with van der Waals surface area (Å²) >= 11 is 0. The molecule has 1 atom stereocenters.